The first-order valence-electron chi connectivity index (χ1n) is 6.59. The Balaban J connectivity index is 2.03. The molecule has 1 amide bonds. The van der Waals surface area contributed by atoms with Crippen molar-refractivity contribution in [1.29, 1.82) is 0 Å². The standard InChI is InChI=1S/C13H24N2O2/c1-12(2)4-3-7-15(10-12)11(16)13(14)5-8-17-9-6-13/h3-10,14H2,1-2H3. The van der Waals surface area contributed by atoms with Gasteiger partial charge in [-0.1, -0.05) is 13.8 Å². The van der Waals surface area contributed by atoms with Crippen molar-refractivity contribution in [2.75, 3.05) is 26.3 Å². The van der Waals surface area contributed by atoms with Gasteiger partial charge in [0.25, 0.3) is 0 Å². The van der Waals surface area contributed by atoms with Crippen LogP contribution in [0.3, 0.4) is 0 Å². The van der Waals surface area contributed by atoms with E-state index in [1.54, 1.807) is 0 Å². The molecule has 0 bridgehead atoms. The van der Waals surface area contributed by atoms with Crippen molar-refractivity contribution in [3.05, 3.63) is 0 Å². The van der Waals surface area contributed by atoms with Crippen LogP contribution in [0.25, 0.3) is 0 Å². The number of rotatable bonds is 1. The Morgan fingerprint density at radius 2 is 1.88 bits per heavy atom. The van der Waals surface area contributed by atoms with Crippen LogP contribution in [0.1, 0.15) is 39.5 Å². The number of piperidine rings is 1. The van der Waals surface area contributed by atoms with Crippen LogP contribution in [0.4, 0.5) is 0 Å². The molecule has 2 aliphatic rings. The van der Waals surface area contributed by atoms with Crippen LogP contribution < -0.4 is 5.73 Å². The van der Waals surface area contributed by atoms with Crippen molar-refractivity contribution in [3.63, 3.8) is 0 Å². The normalized spacial score (nSPS) is 27.8. The summed E-state index contributed by atoms with van der Waals surface area (Å²) in [5.74, 6) is 0.133. The number of nitrogens with two attached hydrogens (primary N) is 1. The van der Waals surface area contributed by atoms with Gasteiger partial charge in [-0.25, -0.2) is 0 Å². The molecule has 0 aromatic heterocycles. The zero-order valence-corrected chi connectivity index (χ0v) is 11.0. The average molecular weight is 240 g/mol. The number of likely N-dealkylation sites (tertiary alicyclic amines) is 1. The molecular formula is C13H24N2O2. The summed E-state index contributed by atoms with van der Waals surface area (Å²) in [5.41, 5.74) is 5.81. The topological polar surface area (TPSA) is 55.6 Å². The Hall–Kier alpha value is -0.610. The minimum atomic E-state index is -0.675. The fraction of sp³-hybridized carbons (Fsp3) is 0.923. The van der Waals surface area contributed by atoms with Gasteiger partial charge < -0.3 is 15.4 Å². The summed E-state index contributed by atoms with van der Waals surface area (Å²) in [6, 6.07) is 0. The quantitative estimate of drug-likeness (QED) is 0.748. The highest BCUT2D eigenvalue weighted by Gasteiger charge is 2.41. The molecule has 2 rings (SSSR count). The summed E-state index contributed by atoms with van der Waals surface area (Å²) in [6.07, 6.45) is 3.59. The second-order valence-corrected chi connectivity index (χ2v) is 6.26. The van der Waals surface area contributed by atoms with E-state index in [-0.39, 0.29) is 11.3 Å². The molecule has 98 valence electrons. The molecule has 17 heavy (non-hydrogen) atoms. The summed E-state index contributed by atoms with van der Waals surface area (Å²) in [5, 5.41) is 0. The summed E-state index contributed by atoms with van der Waals surface area (Å²) in [6.45, 7) is 7.37. The van der Waals surface area contributed by atoms with Gasteiger partial charge in [-0.3, -0.25) is 4.79 Å². The number of carbonyl (C=O) groups excluding carboxylic acids is 1. The van der Waals surface area contributed by atoms with Crippen molar-refractivity contribution < 1.29 is 9.53 Å². The van der Waals surface area contributed by atoms with Gasteiger partial charge in [-0.05, 0) is 31.1 Å². The van der Waals surface area contributed by atoms with E-state index in [4.69, 9.17) is 10.5 Å². The van der Waals surface area contributed by atoms with Crippen molar-refractivity contribution in [2.24, 2.45) is 11.1 Å². The molecule has 0 atom stereocenters. The van der Waals surface area contributed by atoms with Crippen LogP contribution in [0.15, 0.2) is 0 Å². The monoisotopic (exact) mass is 240 g/mol. The summed E-state index contributed by atoms with van der Waals surface area (Å²) in [7, 11) is 0. The number of amides is 1. The lowest BCUT2D eigenvalue weighted by molar-refractivity contribution is -0.143. The Morgan fingerprint density at radius 3 is 2.47 bits per heavy atom. The lowest BCUT2D eigenvalue weighted by atomic mass is 9.82. The number of ether oxygens (including phenoxy) is 1. The minimum Gasteiger partial charge on any atom is -0.381 e. The maximum Gasteiger partial charge on any atom is 0.242 e. The zero-order chi connectivity index (χ0) is 12.5. The lowest BCUT2D eigenvalue weighted by Gasteiger charge is -2.43. The highest BCUT2D eigenvalue weighted by Crippen LogP contribution is 2.31. The molecule has 4 nitrogen and oxygen atoms in total. The van der Waals surface area contributed by atoms with E-state index in [2.05, 4.69) is 13.8 Å². The van der Waals surface area contributed by atoms with Crippen LogP contribution in [0.5, 0.6) is 0 Å². The van der Waals surface area contributed by atoms with E-state index in [0.29, 0.717) is 26.1 Å². The third kappa shape index (κ3) is 2.80. The molecule has 0 spiro atoms. The van der Waals surface area contributed by atoms with Gasteiger partial charge in [-0.2, -0.15) is 0 Å². The first-order valence-corrected chi connectivity index (χ1v) is 6.59. The first kappa shape index (κ1) is 12.8. The predicted octanol–water partition coefficient (Wildman–Crippen LogP) is 1.14. The molecule has 0 unspecified atom stereocenters. The molecule has 2 aliphatic heterocycles. The van der Waals surface area contributed by atoms with E-state index < -0.39 is 5.54 Å². The molecule has 0 saturated carbocycles. The van der Waals surface area contributed by atoms with Gasteiger partial charge in [0.2, 0.25) is 5.91 Å². The lowest BCUT2D eigenvalue weighted by Crippen LogP contribution is -2.60. The van der Waals surface area contributed by atoms with E-state index in [1.807, 2.05) is 4.90 Å². The van der Waals surface area contributed by atoms with Crippen molar-refractivity contribution in [3.8, 4) is 0 Å². The summed E-state index contributed by atoms with van der Waals surface area (Å²) < 4.78 is 5.29. The Bertz CT molecular complexity index is 296. The predicted molar refractivity (Wildman–Crippen MR) is 66.6 cm³/mol. The van der Waals surface area contributed by atoms with Crippen LogP contribution in [-0.2, 0) is 9.53 Å². The van der Waals surface area contributed by atoms with Gasteiger partial charge in [-0.15, -0.1) is 0 Å². The van der Waals surface area contributed by atoms with Gasteiger partial charge in [0, 0.05) is 26.3 Å². The fourth-order valence-corrected chi connectivity index (χ4v) is 2.86. The molecule has 0 aromatic carbocycles. The Kier molecular flexibility index (Phi) is 3.46. The Labute approximate surface area is 103 Å². The number of hydrogen-bond donors (Lipinski definition) is 1. The molecule has 2 saturated heterocycles. The zero-order valence-electron chi connectivity index (χ0n) is 11.0. The maximum absolute atomic E-state index is 12.5. The second kappa shape index (κ2) is 4.58. The van der Waals surface area contributed by atoms with Crippen LogP contribution >= 0.6 is 0 Å². The van der Waals surface area contributed by atoms with Gasteiger partial charge in [0.1, 0.15) is 0 Å². The number of hydrogen-bond acceptors (Lipinski definition) is 3. The van der Waals surface area contributed by atoms with Gasteiger partial charge in [0.15, 0.2) is 0 Å². The highest BCUT2D eigenvalue weighted by atomic mass is 16.5. The van der Waals surface area contributed by atoms with Crippen LogP contribution in [-0.4, -0.2) is 42.6 Å². The molecule has 0 radical (unpaired) electrons. The van der Waals surface area contributed by atoms with E-state index in [0.717, 1.165) is 19.5 Å². The highest BCUT2D eigenvalue weighted by molar-refractivity contribution is 5.86. The molecular weight excluding hydrogens is 216 g/mol. The van der Waals surface area contributed by atoms with E-state index >= 15 is 0 Å². The minimum absolute atomic E-state index is 0.133. The largest absolute Gasteiger partial charge is 0.381 e. The molecule has 2 heterocycles. The maximum atomic E-state index is 12.5. The SMILES string of the molecule is CC1(C)CCCN(C(=O)C2(N)CCOCC2)C1. The first-order chi connectivity index (χ1) is 7.93. The molecule has 0 aliphatic carbocycles. The van der Waals surface area contributed by atoms with Crippen molar-refractivity contribution in [1.82, 2.24) is 4.90 Å². The van der Waals surface area contributed by atoms with Crippen molar-refractivity contribution >= 4 is 5.91 Å². The third-order valence-electron chi connectivity index (χ3n) is 4.00. The fourth-order valence-electron chi connectivity index (χ4n) is 2.86. The van der Waals surface area contributed by atoms with Gasteiger partial charge >= 0.3 is 0 Å². The third-order valence-corrected chi connectivity index (χ3v) is 4.00. The van der Waals surface area contributed by atoms with Crippen LogP contribution in [0, 0.1) is 5.41 Å². The van der Waals surface area contributed by atoms with Crippen molar-refractivity contribution in [2.45, 2.75) is 45.1 Å². The smallest absolute Gasteiger partial charge is 0.242 e. The molecule has 2 N–H and O–H groups in total. The molecule has 2 fully saturated rings. The van der Waals surface area contributed by atoms with E-state index in [9.17, 15) is 4.79 Å². The summed E-state index contributed by atoms with van der Waals surface area (Å²) in [4.78, 5) is 14.5. The van der Waals surface area contributed by atoms with Gasteiger partial charge in [0.05, 0.1) is 5.54 Å². The number of carbonyl (C=O) groups is 1. The Morgan fingerprint density at radius 1 is 1.24 bits per heavy atom. The average Bonchev–Trinajstić information content (AvgIpc) is 2.27. The number of nitrogens with zero attached hydrogens (tertiary/aromatic N) is 1. The molecule has 4 heteroatoms. The molecule has 0 aromatic rings. The summed E-state index contributed by atoms with van der Waals surface area (Å²) >= 11 is 0. The van der Waals surface area contributed by atoms with Crippen LogP contribution in [0.2, 0.25) is 0 Å². The second-order valence-electron chi connectivity index (χ2n) is 6.26. The van der Waals surface area contributed by atoms with E-state index in [1.165, 1.54) is 6.42 Å².